The van der Waals surface area contributed by atoms with Gasteiger partial charge in [-0.1, -0.05) is 36.4 Å². The number of likely N-dealkylation sites (N-methyl/N-ethyl adjacent to an activating group) is 1. The maximum atomic E-state index is 12.8. The lowest BCUT2D eigenvalue weighted by Gasteiger charge is -2.24. The first-order valence-corrected chi connectivity index (χ1v) is 10.7. The van der Waals surface area contributed by atoms with Gasteiger partial charge in [0.05, 0.1) is 24.9 Å². The number of fused-ring (bicyclic) bond motifs is 1. The highest BCUT2D eigenvalue weighted by Gasteiger charge is 2.26. The fourth-order valence-corrected chi connectivity index (χ4v) is 4.18. The molecule has 32 heavy (non-hydrogen) atoms. The maximum absolute atomic E-state index is 12.8. The van der Waals surface area contributed by atoms with Crippen LogP contribution in [0.25, 0.3) is 0 Å². The van der Waals surface area contributed by atoms with Crippen molar-refractivity contribution in [1.82, 2.24) is 4.90 Å². The van der Waals surface area contributed by atoms with E-state index in [1.165, 1.54) is 11.1 Å². The number of methoxy groups -OCH3 is 1. The van der Waals surface area contributed by atoms with Crippen molar-refractivity contribution in [2.45, 2.75) is 18.9 Å². The summed E-state index contributed by atoms with van der Waals surface area (Å²) in [5, 5.41) is 5.78. The molecule has 6 heteroatoms. The van der Waals surface area contributed by atoms with Gasteiger partial charge in [0.1, 0.15) is 5.75 Å². The third-order valence-electron chi connectivity index (χ3n) is 5.82. The van der Waals surface area contributed by atoms with Crippen molar-refractivity contribution in [3.63, 3.8) is 0 Å². The zero-order valence-corrected chi connectivity index (χ0v) is 18.3. The number of nitrogens with one attached hydrogen (secondary N) is 2. The van der Waals surface area contributed by atoms with Gasteiger partial charge in [-0.05, 0) is 67.4 Å². The number of amides is 2. The second kappa shape index (κ2) is 9.66. The van der Waals surface area contributed by atoms with Gasteiger partial charge < -0.3 is 15.4 Å². The highest BCUT2D eigenvalue weighted by molar-refractivity contribution is 6.10. The van der Waals surface area contributed by atoms with E-state index < -0.39 is 0 Å². The Morgan fingerprint density at radius 1 is 0.969 bits per heavy atom. The van der Waals surface area contributed by atoms with Crippen molar-refractivity contribution >= 4 is 23.2 Å². The Morgan fingerprint density at radius 2 is 1.69 bits per heavy atom. The SMILES string of the molecule is COc1ccc(NC(=O)c2ccccc2NC(=O)CN(C)[C@@H]2CCc3ccccc32)cc1. The lowest BCUT2D eigenvalue weighted by Crippen LogP contribution is -2.33. The molecule has 1 aliphatic carbocycles. The first-order chi connectivity index (χ1) is 15.5. The average Bonchev–Trinajstić information content (AvgIpc) is 3.24. The molecule has 1 atom stereocenters. The minimum Gasteiger partial charge on any atom is -0.497 e. The molecular weight excluding hydrogens is 402 g/mol. The molecule has 0 bridgehead atoms. The number of hydrogen-bond acceptors (Lipinski definition) is 4. The molecule has 0 saturated carbocycles. The number of carbonyl (C=O) groups is 2. The van der Waals surface area contributed by atoms with Crippen LogP contribution in [0.4, 0.5) is 11.4 Å². The van der Waals surface area contributed by atoms with Crippen molar-refractivity contribution in [3.05, 3.63) is 89.5 Å². The van der Waals surface area contributed by atoms with E-state index in [2.05, 4.69) is 33.7 Å². The number of para-hydroxylation sites is 1. The van der Waals surface area contributed by atoms with Crippen molar-refractivity contribution in [3.8, 4) is 5.75 Å². The summed E-state index contributed by atoms with van der Waals surface area (Å²) in [6, 6.07) is 22.7. The lowest BCUT2D eigenvalue weighted by atomic mass is 10.1. The van der Waals surface area contributed by atoms with Gasteiger partial charge in [-0.2, -0.15) is 0 Å². The number of benzene rings is 3. The van der Waals surface area contributed by atoms with Crippen LogP contribution in [-0.2, 0) is 11.2 Å². The van der Waals surface area contributed by atoms with Crippen molar-refractivity contribution < 1.29 is 14.3 Å². The molecule has 2 amide bonds. The summed E-state index contributed by atoms with van der Waals surface area (Å²) in [7, 11) is 3.56. The summed E-state index contributed by atoms with van der Waals surface area (Å²) in [4.78, 5) is 27.7. The number of anilines is 2. The van der Waals surface area contributed by atoms with E-state index in [4.69, 9.17) is 4.74 Å². The monoisotopic (exact) mass is 429 g/mol. The molecule has 0 heterocycles. The van der Waals surface area contributed by atoms with E-state index in [9.17, 15) is 9.59 Å². The summed E-state index contributed by atoms with van der Waals surface area (Å²) < 4.78 is 5.15. The highest BCUT2D eigenvalue weighted by Crippen LogP contribution is 2.34. The quantitative estimate of drug-likeness (QED) is 0.580. The number of hydrogen-bond donors (Lipinski definition) is 2. The van der Waals surface area contributed by atoms with Crippen LogP contribution in [0.1, 0.15) is 33.9 Å². The number of nitrogens with zero attached hydrogens (tertiary/aromatic N) is 1. The first kappa shape index (κ1) is 21.6. The van der Waals surface area contributed by atoms with Gasteiger partial charge in [-0.25, -0.2) is 0 Å². The Labute approximate surface area is 188 Å². The highest BCUT2D eigenvalue weighted by atomic mass is 16.5. The lowest BCUT2D eigenvalue weighted by molar-refractivity contribution is -0.117. The van der Waals surface area contributed by atoms with Gasteiger partial charge in [0, 0.05) is 11.7 Å². The molecule has 6 nitrogen and oxygen atoms in total. The van der Waals surface area contributed by atoms with E-state index in [-0.39, 0.29) is 24.4 Å². The van der Waals surface area contributed by atoms with Crippen molar-refractivity contribution in [2.24, 2.45) is 0 Å². The molecule has 2 N–H and O–H groups in total. The molecule has 0 spiro atoms. The Balaban J connectivity index is 1.41. The van der Waals surface area contributed by atoms with E-state index in [1.54, 1.807) is 55.6 Å². The van der Waals surface area contributed by atoms with Crippen molar-refractivity contribution in [2.75, 3.05) is 31.3 Å². The number of rotatable bonds is 7. The Morgan fingerprint density at radius 3 is 2.47 bits per heavy atom. The van der Waals surface area contributed by atoms with Gasteiger partial charge in [-0.15, -0.1) is 0 Å². The number of carbonyl (C=O) groups excluding carboxylic acids is 2. The van der Waals surface area contributed by atoms with Crippen LogP contribution < -0.4 is 15.4 Å². The topological polar surface area (TPSA) is 70.7 Å². The Kier molecular flexibility index (Phi) is 6.52. The van der Waals surface area contributed by atoms with E-state index in [1.807, 2.05) is 13.1 Å². The van der Waals surface area contributed by atoms with Crippen LogP contribution >= 0.6 is 0 Å². The Hall–Kier alpha value is -3.64. The molecule has 164 valence electrons. The van der Waals surface area contributed by atoms with E-state index in [0.717, 1.165) is 12.8 Å². The fraction of sp³-hybridized carbons (Fsp3) is 0.231. The summed E-state index contributed by atoms with van der Waals surface area (Å²) in [5.41, 5.74) is 4.19. The largest absolute Gasteiger partial charge is 0.497 e. The molecular formula is C26H27N3O3. The second-order valence-electron chi connectivity index (χ2n) is 7.94. The number of aryl methyl sites for hydroxylation is 1. The molecule has 0 aliphatic heterocycles. The molecule has 1 aliphatic rings. The second-order valence-corrected chi connectivity index (χ2v) is 7.94. The molecule has 3 aromatic carbocycles. The zero-order chi connectivity index (χ0) is 22.5. The minimum absolute atomic E-state index is 0.151. The number of ether oxygens (including phenoxy) is 1. The van der Waals surface area contributed by atoms with Crippen LogP contribution in [0.3, 0.4) is 0 Å². The average molecular weight is 430 g/mol. The maximum Gasteiger partial charge on any atom is 0.257 e. The molecule has 0 fully saturated rings. The summed E-state index contributed by atoms with van der Waals surface area (Å²) in [5.74, 6) is 0.274. The predicted octanol–water partition coefficient (Wildman–Crippen LogP) is 4.51. The zero-order valence-electron chi connectivity index (χ0n) is 18.3. The molecule has 4 rings (SSSR count). The van der Waals surface area contributed by atoms with Gasteiger partial charge in [0.25, 0.3) is 5.91 Å². The summed E-state index contributed by atoms with van der Waals surface area (Å²) in [6.07, 6.45) is 2.03. The molecule has 0 saturated heterocycles. The third kappa shape index (κ3) is 4.81. The molecule has 0 radical (unpaired) electrons. The van der Waals surface area contributed by atoms with E-state index >= 15 is 0 Å². The van der Waals surface area contributed by atoms with Gasteiger partial charge in [-0.3, -0.25) is 14.5 Å². The van der Waals surface area contributed by atoms with Crippen LogP contribution in [-0.4, -0.2) is 37.4 Å². The van der Waals surface area contributed by atoms with Crippen molar-refractivity contribution in [1.29, 1.82) is 0 Å². The predicted molar refractivity (Wildman–Crippen MR) is 126 cm³/mol. The Bertz CT molecular complexity index is 1110. The first-order valence-electron chi connectivity index (χ1n) is 10.7. The van der Waals surface area contributed by atoms with E-state index in [0.29, 0.717) is 22.7 Å². The van der Waals surface area contributed by atoms with Crippen LogP contribution in [0.5, 0.6) is 5.75 Å². The standard InChI is InChI=1S/C26H27N3O3/c1-29(24-16-11-18-7-3-4-8-21(18)24)17-25(30)28-23-10-6-5-9-22(23)26(31)27-19-12-14-20(32-2)15-13-19/h3-10,12-15,24H,11,16-17H2,1-2H3,(H,27,31)(H,28,30)/t24-/m1/s1. The smallest absolute Gasteiger partial charge is 0.257 e. The van der Waals surface area contributed by atoms with Crippen LogP contribution in [0.15, 0.2) is 72.8 Å². The van der Waals surface area contributed by atoms with Gasteiger partial charge >= 0.3 is 0 Å². The summed E-state index contributed by atoms with van der Waals surface area (Å²) >= 11 is 0. The van der Waals surface area contributed by atoms with Crippen LogP contribution in [0, 0.1) is 0 Å². The summed E-state index contributed by atoms with van der Waals surface area (Å²) in [6.45, 7) is 0.243. The van der Waals surface area contributed by atoms with Crippen LogP contribution in [0.2, 0.25) is 0 Å². The fourth-order valence-electron chi connectivity index (χ4n) is 4.18. The van der Waals surface area contributed by atoms with Gasteiger partial charge in [0.15, 0.2) is 0 Å². The molecule has 0 unspecified atom stereocenters. The van der Waals surface area contributed by atoms with Gasteiger partial charge in [0.2, 0.25) is 5.91 Å². The normalized spacial score (nSPS) is 14.7. The minimum atomic E-state index is -0.288. The molecule has 0 aromatic heterocycles. The third-order valence-corrected chi connectivity index (χ3v) is 5.82. The molecule has 3 aromatic rings.